The van der Waals surface area contributed by atoms with Gasteiger partial charge in [-0.05, 0) is 38.3 Å². The van der Waals surface area contributed by atoms with Crippen molar-refractivity contribution in [3.8, 4) is 0 Å². The van der Waals surface area contributed by atoms with Gasteiger partial charge in [0.1, 0.15) is 4.90 Å². The number of nitrogens with zero attached hydrogens (tertiary/aromatic N) is 6. The Kier molecular flexibility index (Phi) is 4.07. The molecule has 138 valence electrons. The highest BCUT2D eigenvalue weighted by atomic mass is 32.2. The van der Waals surface area contributed by atoms with Crippen molar-refractivity contribution < 1.29 is 8.42 Å². The lowest BCUT2D eigenvalue weighted by Gasteiger charge is -2.31. The lowest BCUT2D eigenvalue weighted by atomic mass is 9.92. The average molecular weight is 374 g/mol. The molecule has 0 bridgehead atoms. The molecule has 8 nitrogen and oxygen atoms in total. The second kappa shape index (κ2) is 6.17. The molecule has 9 heteroatoms. The topological polar surface area (TPSA) is 85.4 Å². The fraction of sp³-hybridized carbons (Fsp3) is 0.471. The molecular weight excluding hydrogens is 352 g/mol. The van der Waals surface area contributed by atoms with Gasteiger partial charge in [0.15, 0.2) is 5.65 Å². The predicted octanol–water partition coefficient (Wildman–Crippen LogP) is 1.65. The van der Waals surface area contributed by atoms with Crippen LogP contribution in [-0.4, -0.2) is 50.2 Å². The summed E-state index contributed by atoms with van der Waals surface area (Å²) < 4.78 is 30.8. The van der Waals surface area contributed by atoms with Crippen LogP contribution in [0.2, 0.25) is 0 Å². The Labute approximate surface area is 152 Å². The summed E-state index contributed by atoms with van der Waals surface area (Å²) in [5.41, 5.74) is 3.63. The third-order valence-corrected chi connectivity index (χ3v) is 7.26. The Morgan fingerprint density at radius 1 is 1.19 bits per heavy atom. The number of fused-ring (bicyclic) bond motifs is 1. The Morgan fingerprint density at radius 3 is 2.58 bits per heavy atom. The van der Waals surface area contributed by atoms with Crippen LogP contribution in [0.4, 0.5) is 0 Å². The smallest absolute Gasteiger partial charge is 0.246 e. The molecule has 0 spiro atoms. The molecule has 1 fully saturated rings. The minimum absolute atomic E-state index is 0.253. The van der Waals surface area contributed by atoms with Crippen LogP contribution in [-0.2, 0) is 17.1 Å². The van der Waals surface area contributed by atoms with Crippen molar-refractivity contribution in [1.82, 2.24) is 28.7 Å². The summed E-state index contributed by atoms with van der Waals surface area (Å²) in [6.07, 6.45) is 6.52. The molecule has 0 aromatic carbocycles. The molecule has 1 aliphatic rings. The summed E-state index contributed by atoms with van der Waals surface area (Å²) in [6, 6.07) is 2.03. The van der Waals surface area contributed by atoms with Crippen LogP contribution in [0, 0.1) is 13.8 Å². The first kappa shape index (κ1) is 17.2. The van der Waals surface area contributed by atoms with E-state index in [1.165, 1.54) is 6.20 Å². The summed E-state index contributed by atoms with van der Waals surface area (Å²) in [4.78, 5) is 4.56. The Hall–Kier alpha value is -2.26. The van der Waals surface area contributed by atoms with Crippen molar-refractivity contribution in [2.45, 2.75) is 37.5 Å². The van der Waals surface area contributed by atoms with E-state index in [4.69, 9.17) is 5.10 Å². The van der Waals surface area contributed by atoms with Crippen molar-refractivity contribution in [3.63, 3.8) is 0 Å². The zero-order chi connectivity index (χ0) is 18.5. The van der Waals surface area contributed by atoms with Crippen molar-refractivity contribution in [3.05, 3.63) is 41.6 Å². The first-order chi connectivity index (χ1) is 12.4. The van der Waals surface area contributed by atoms with E-state index in [2.05, 4.69) is 10.1 Å². The van der Waals surface area contributed by atoms with Gasteiger partial charge in [0.2, 0.25) is 10.0 Å². The van der Waals surface area contributed by atoms with Gasteiger partial charge in [0.25, 0.3) is 0 Å². The fourth-order valence-corrected chi connectivity index (χ4v) is 5.26. The van der Waals surface area contributed by atoms with Gasteiger partial charge in [-0.1, -0.05) is 0 Å². The first-order valence-electron chi connectivity index (χ1n) is 8.67. The number of hydrogen-bond acceptors (Lipinski definition) is 5. The highest BCUT2D eigenvalue weighted by molar-refractivity contribution is 7.89. The minimum Gasteiger partial charge on any atom is -0.272 e. The molecule has 3 aromatic rings. The third kappa shape index (κ3) is 2.71. The summed E-state index contributed by atoms with van der Waals surface area (Å²) in [7, 11) is -1.75. The van der Waals surface area contributed by atoms with Gasteiger partial charge < -0.3 is 0 Å². The molecule has 0 amide bonds. The molecule has 0 atom stereocenters. The molecule has 0 radical (unpaired) electrons. The molecule has 3 aromatic heterocycles. The van der Waals surface area contributed by atoms with Crippen molar-refractivity contribution >= 4 is 15.7 Å². The van der Waals surface area contributed by atoms with Gasteiger partial charge in [-0.3, -0.25) is 4.68 Å². The molecule has 0 N–H and O–H groups in total. The molecule has 4 rings (SSSR count). The Bertz CT molecular complexity index is 1060. The molecule has 0 aliphatic carbocycles. The SMILES string of the molecule is Cc1cc2nccn2nc1C1CCN(S(=O)(=O)c2cnn(C)c2C)CC1. The lowest BCUT2D eigenvalue weighted by Crippen LogP contribution is -2.38. The van der Waals surface area contributed by atoms with Gasteiger partial charge in [0.05, 0.1) is 17.6 Å². The largest absolute Gasteiger partial charge is 0.272 e. The van der Waals surface area contributed by atoms with E-state index in [9.17, 15) is 8.42 Å². The number of hydrogen-bond donors (Lipinski definition) is 0. The molecule has 1 saturated heterocycles. The normalized spacial score (nSPS) is 17.2. The lowest BCUT2D eigenvalue weighted by molar-refractivity contribution is 0.315. The maximum Gasteiger partial charge on any atom is 0.246 e. The molecule has 4 heterocycles. The number of piperidine rings is 1. The zero-order valence-corrected chi connectivity index (χ0v) is 15.9. The summed E-state index contributed by atoms with van der Waals surface area (Å²) in [6.45, 7) is 4.80. The molecule has 1 aliphatic heterocycles. The van der Waals surface area contributed by atoms with Crippen LogP contribution in [0.3, 0.4) is 0 Å². The van der Waals surface area contributed by atoms with Crippen LogP contribution < -0.4 is 0 Å². The summed E-state index contributed by atoms with van der Waals surface area (Å²) in [5.74, 6) is 0.253. The Morgan fingerprint density at radius 2 is 1.92 bits per heavy atom. The van der Waals surface area contributed by atoms with E-state index >= 15 is 0 Å². The number of aromatic nitrogens is 5. The zero-order valence-electron chi connectivity index (χ0n) is 15.1. The highest BCUT2D eigenvalue weighted by Gasteiger charge is 2.33. The van der Waals surface area contributed by atoms with Crippen molar-refractivity contribution in [2.24, 2.45) is 7.05 Å². The van der Waals surface area contributed by atoms with E-state index in [1.54, 1.807) is 33.7 Å². The van der Waals surface area contributed by atoms with E-state index in [0.29, 0.717) is 23.7 Å². The molecule has 0 saturated carbocycles. The van der Waals surface area contributed by atoms with E-state index in [0.717, 1.165) is 29.7 Å². The van der Waals surface area contributed by atoms with Crippen LogP contribution in [0.5, 0.6) is 0 Å². The monoisotopic (exact) mass is 374 g/mol. The van der Waals surface area contributed by atoms with Gasteiger partial charge in [0, 0.05) is 38.4 Å². The molecule has 0 unspecified atom stereocenters. The quantitative estimate of drug-likeness (QED) is 0.696. The third-order valence-electron chi connectivity index (χ3n) is 5.26. The van der Waals surface area contributed by atoms with E-state index in [-0.39, 0.29) is 5.92 Å². The molecule has 26 heavy (non-hydrogen) atoms. The van der Waals surface area contributed by atoms with E-state index < -0.39 is 10.0 Å². The first-order valence-corrected chi connectivity index (χ1v) is 10.1. The fourth-order valence-electron chi connectivity index (χ4n) is 3.60. The summed E-state index contributed by atoms with van der Waals surface area (Å²) >= 11 is 0. The molecular formula is C17H22N6O2S. The van der Waals surface area contributed by atoms with Crippen LogP contribution in [0.15, 0.2) is 29.6 Å². The van der Waals surface area contributed by atoms with Crippen LogP contribution in [0.1, 0.15) is 35.7 Å². The van der Waals surface area contributed by atoms with Crippen LogP contribution >= 0.6 is 0 Å². The van der Waals surface area contributed by atoms with Gasteiger partial charge in [-0.25, -0.2) is 17.9 Å². The van der Waals surface area contributed by atoms with Gasteiger partial charge in [-0.15, -0.1) is 0 Å². The van der Waals surface area contributed by atoms with Crippen molar-refractivity contribution in [1.29, 1.82) is 0 Å². The predicted molar refractivity (Wildman–Crippen MR) is 96.4 cm³/mol. The average Bonchev–Trinajstić information content (AvgIpc) is 3.21. The standard InChI is InChI=1S/C17H22N6O2S/c1-12-10-16-18-6-9-23(16)20-17(12)14-4-7-22(8-5-14)26(24,25)15-11-19-21(3)13(15)2/h6,9-11,14H,4-5,7-8H2,1-3H3. The van der Waals surface area contributed by atoms with Crippen LogP contribution in [0.25, 0.3) is 5.65 Å². The Balaban J connectivity index is 1.55. The summed E-state index contributed by atoms with van der Waals surface area (Å²) in [5, 5.41) is 8.76. The second-order valence-electron chi connectivity index (χ2n) is 6.84. The van der Waals surface area contributed by atoms with Crippen molar-refractivity contribution in [2.75, 3.05) is 13.1 Å². The second-order valence-corrected chi connectivity index (χ2v) is 8.75. The minimum atomic E-state index is -3.50. The van der Waals surface area contributed by atoms with Gasteiger partial charge in [-0.2, -0.15) is 14.5 Å². The number of imidazole rings is 1. The highest BCUT2D eigenvalue weighted by Crippen LogP contribution is 2.32. The number of sulfonamides is 1. The van der Waals surface area contributed by atoms with Gasteiger partial charge >= 0.3 is 0 Å². The number of rotatable bonds is 3. The maximum absolute atomic E-state index is 12.9. The van der Waals surface area contributed by atoms with E-state index in [1.807, 2.05) is 19.2 Å². The number of aryl methyl sites for hydroxylation is 2. The maximum atomic E-state index is 12.9.